The van der Waals surface area contributed by atoms with Gasteiger partial charge in [0.15, 0.2) is 0 Å². The molecule has 0 saturated heterocycles. The average molecular weight is 697 g/mol. The van der Waals surface area contributed by atoms with E-state index in [0.29, 0.717) is 53.5 Å². The van der Waals surface area contributed by atoms with E-state index in [9.17, 15) is 18.8 Å². The highest BCUT2D eigenvalue weighted by Gasteiger charge is 2.31. The summed E-state index contributed by atoms with van der Waals surface area (Å²) in [6, 6.07) is 12.2. The molecule has 10 heteroatoms. The number of halogens is 3. The molecule has 3 heterocycles. The first-order valence-electron chi connectivity index (χ1n) is 15.1. The van der Waals surface area contributed by atoms with Crippen molar-refractivity contribution in [3.63, 3.8) is 0 Å². The Kier molecular flexibility index (Phi) is 9.80. The quantitative estimate of drug-likeness (QED) is 0.219. The van der Waals surface area contributed by atoms with Gasteiger partial charge in [0.25, 0.3) is 0 Å². The molecule has 0 radical (unpaired) electrons. The minimum atomic E-state index is -0.601. The summed E-state index contributed by atoms with van der Waals surface area (Å²) >= 11 is 9.46. The second kappa shape index (κ2) is 13.4. The number of hydrogen-bond acceptors (Lipinski definition) is 5. The smallest absolute Gasteiger partial charge is 0.310 e. The zero-order chi connectivity index (χ0) is 32.5. The number of anilines is 1. The summed E-state index contributed by atoms with van der Waals surface area (Å²) in [6.07, 6.45) is 5.62. The largest absolute Gasteiger partial charge is 0.460 e. The van der Waals surface area contributed by atoms with Crippen LogP contribution in [0.4, 0.5) is 10.1 Å². The molecule has 2 aliphatic heterocycles. The third kappa shape index (κ3) is 7.64. The van der Waals surface area contributed by atoms with E-state index in [4.69, 9.17) is 21.3 Å². The predicted molar refractivity (Wildman–Crippen MR) is 177 cm³/mol. The van der Waals surface area contributed by atoms with Gasteiger partial charge in [-0.25, -0.2) is 4.39 Å². The van der Waals surface area contributed by atoms with Gasteiger partial charge in [0.2, 0.25) is 11.8 Å². The van der Waals surface area contributed by atoms with E-state index < -0.39 is 11.4 Å². The number of ether oxygens (including phenoxy) is 1. The van der Waals surface area contributed by atoms with Gasteiger partial charge in [-0.3, -0.25) is 19.4 Å². The maximum Gasteiger partial charge on any atom is 0.310 e. The summed E-state index contributed by atoms with van der Waals surface area (Å²) in [5.41, 5.74) is 3.93. The highest BCUT2D eigenvalue weighted by Crippen LogP contribution is 2.39. The Morgan fingerprint density at radius 3 is 2.67 bits per heavy atom. The average Bonchev–Trinajstić information content (AvgIpc) is 2.96. The van der Waals surface area contributed by atoms with Gasteiger partial charge < -0.3 is 15.0 Å². The molecule has 5 rings (SSSR count). The van der Waals surface area contributed by atoms with Gasteiger partial charge in [-0.05, 0) is 87.1 Å². The highest BCUT2D eigenvalue weighted by molar-refractivity contribution is 9.10. The van der Waals surface area contributed by atoms with Crippen LogP contribution in [0.3, 0.4) is 0 Å². The first-order valence-corrected chi connectivity index (χ1v) is 16.2. The summed E-state index contributed by atoms with van der Waals surface area (Å²) in [4.78, 5) is 45.9. The number of pyridine rings is 1. The number of carbonyl (C=O) groups is 3. The third-order valence-electron chi connectivity index (χ3n) is 8.05. The molecular formula is C35H36BrClFN3O4. The fourth-order valence-corrected chi connectivity index (χ4v) is 6.57. The number of nitrogens with one attached hydrogen (secondary N) is 1. The zero-order valence-corrected chi connectivity index (χ0v) is 28.1. The van der Waals surface area contributed by atoms with Crippen molar-refractivity contribution >= 4 is 56.6 Å². The number of esters is 1. The van der Waals surface area contributed by atoms with Crippen LogP contribution in [0.15, 0.2) is 59.2 Å². The number of rotatable bonds is 4. The Balaban J connectivity index is 1.49. The first-order chi connectivity index (χ1) is 21.3. The van der Waals surface area contributed by atoms with Crippen molar-refractivity contribution in [2.45, 2.75) is 71.4 Å². The Morgan fingerprint density at radius 1 is 1.16 bits per heavy atom. The summed E-state index contributed by atoms with van der Waals surface area (Å²) < 4.78 is 21.0. The molecule has 2 atom stereocenters. The van der Waals surface area contributed by atoms with Gasteiger partial charge >= 0.3 is 5.97 Å². The number of aromatic nitrogens is 1. The maximum atomic E-state index is 15.0. The van der Waals surface area contributed by atoms with Crippen LogP contribution in [0.25, 0.3) is 16.7 Å². The summed E-state index contributed by atoms with van der Waals surface area (Å²) in [5.74, 6) is -1.54. The van der Waals surface area contributed by atoms with Crippen molar-refractivity contribution < 1.29 is 23.5 Å². The molecule has 0 spiro atoms. The van der Waals surface area contributed by atoms with Gasteiger partial charge in [0.1, 0.15) is 11.4 Å². The molecule has 0 saturated carbocycles. The lowest BCUT2D eigenvalue weighted by atomic mass is 9.92. The molecule has 0 aliphatic carbocycles. The van der Waals surface area contributed by atoms with E-state index in [1.54, 1.807) is 17.2 Å². The van der Waals surface area contributed by atoms with Crippen molar-refractivity contribution in [2.75, 3.05) is 11.9 Å². The molecule has 2 bridgehead atoms. The number of nitrogens with zero attached hydrogens (tertiary/aromatic N) is 2. The first kappa shape index (κ1) is 32.8. The molecule has 236 valence electrons. The van der Waals surface area contributed by atoms with E-state index in [0.717, 1.165) is 22.4 Å². The molecule has 2 aromatic carbocycles. The maximum absolute atomic E-state index is 15.0. The number of fused-ring (bicyclic) bond motifs is 4. The van der Waals surface area contributed by atoms with Crippen LogP contribution in [0.5, 0.6) is 0 Å². The van der Waals surface area contributed by atoms with Gasteiger partial charge in [-0.15, -0.1) is 0 Å². The van der Waals surface area contributed by atoms with Crippen LogP contribution in [0, 0.1) is 11.7 Å². The van der Waals surface area contributed by atoms with Gasteiger partial charge in [0.05, 0.1) is 23.2 Å². The normalized spacial score (nSPS) is 19.1. The molecular weight excluding hydrogens is 661 g/mol. The van der Waals surface area contributed by atoms with Crippen molar-refractivity contribution in [3.8, 4) is 11.1 Å². The number of hydrogen-bond donors (Lipinski definition) is 1. The van der Waals surface area contributed by atoms with Gasteiger partial charge in [-0.2, -0.15) is 0 Å². The molecule has 1 N–H and O–H groups in total. The highest BCUT2D eigenvalue weighted by atomic mass is 79.9. The van der Waals surface area contributed by atoms with Gasteiger partial charge in [0, 0.05) is 46.0 Å². The van der Waals surface area contributed by atoms with Crippen LogP contribution < -0.4 is 5.32 Å². The molecule has 2 amide bonds. The lowest BCUT2D eigenvalue weighted by Gasteiger charge is -2.34. The molecule has 7 nitrogen and oxygen atoms in total. The van der Waals surface area contributed by atoms with Gasteiger partial charge in [-0.1, -0.05) is 53.0 Å². The van der Waals surface area contributed by atoms with Crippen molar-refractivity contribution in [2.24, 2.45) is 5.92 Å². The molecule has 2 aliphatic rings. The minimum absolute atomic E-state index is 0.000269. The molecule has 0 unspecified atom stereocenters. The minimum Gasteiger partial charge on any atom is -0.460 e. The van der Waals surface area contributed by atoms with Crippen molar-refractivity contribution in [1.82, 2.24) is 9.88 Å². The predicted octanol–water partition coefficient (Wildman–Crippen LogP) is 8.30. The van der Waals surface area contributed by atoms with E-state index in [1.165, 1.54) is 12.1 Å². The van der Waals surface area contributed by atoms with Crippen LogP contribution in [-0.2, 0) is 25.5 Å². The van der Waals surface area contributed by atoms with E-state index in [2.05, 4.69) is 21.2 Å². The van der Waals surface area contributed by atoms with Crippen LogP contribution in [-0.4, -0.2) is 39.8 Å². The molecule has 1 aromatic heterocycles. The van der Waals surface area contributed by atoms with Crippen LogP contribution in [0.1, 0.15) is 76.2 Å². The lowest BCUT2D eigenvalue weighted by molar-refractivity contribution is -0.153. The Morgan fingerprint density at radius 2 is 1.93 bits per heavy atom. The second-order valence-electron chi connectivity index (χ2n) is 12.6. The standard InChI is InChI=1S/C35H36BrClFN3O4/c1-20-6-5-7-29(41-15-13-23(19-30(41)42)32-25(36)10-11-26(37)33(32)38)28-18-22(12-14-39-28)24-9-8-21(16-27(24)40-34(20)44)17-31(43)45-35(2,3)4/h8-12,14,16,18-20,29H,5-7,13,15,17H2,1-4H3,(H,40,44)/t20-,29+/m1/s1. The summed E-state index contributed by atoms with van der Waals surface area (Å²) in [5, 5.41) is 3.09. The van der Waals surface area contributed by atoms with E-state index >= 15 is 0 Å². The molecule has 45 heavy (non-hydrogen) atoms. The number of carbonyl (C=O) groups excluding carboxylic acids is 3. The van der Waals surface area contributed by atoms with Crippen molar-refractivity contribution in [1.29, 1.82) is 0 Å². The van der Waals surface area contributed by atoms with E-state index in [-0.39, 0.29) is 41.2 Å². The zero-order valence-electron chi connectivity index (χ0n) is 25.8. The summed E-state index contributed by atoms with van der Waals surface area (Å²) in [7, 11) is 0. The van der Waals surface area contributed by atoms with E-state index in [1.807, 2.05) is 58.0 Å². The fourth-order valence-electron chi connectivity index (χ4n) is 5.85. The Hall–Kier alpha value is -3.56. The number of benzene rings is 2. The summed E-state index contributed by atoms with van der Waals surface area (Å²) in [6.45, 7) is 7.73. The third-order valence-corrected chi connectivity index (χ3v) is 9.00. The van der Waals surface area contributed by atoms with Crippen LogP contribution >= 0.6 is 27.5 Å². The Bertz CT molecular complexity index is 1690. The Labute approximate surface area is 276 Å². The van der Waals surface area contributed by atoms with Crippen molar-refractivity contribution in [3.05, 3.63) is 86.9 Å². The second-order valence-corrected chi connectivity index (χ2v) is 13.9. The monoisotopic (exact) mass is 695 g/mol. The SMILES string of the molecule is C[C@@H]1CCC[C@H](N2CCC(c3c(Br)ccc(Cl)c3F)=CC2=O)c2cc(ccn2)-c2ccc(CC(=O)OC(C)(C)C)cc2NC1=O. The van der Waals surface area contributed by atoms with Crippen LogP contribution in [0.2, 0.25) is 5.02 Å². The topological polar surface area (TPSA) is 88.6 Å². The lowest BCUT2D eigenvalue weighted by Crippen LogP contribution is -2.38. The molecule has 0 fully saturated rings. The fraction of sp³-hybridized carbons (Fsp3) is 0.371. The molecule has 3 aromatic rings. The number of amides is 2.